The van der Waals surface area contributed by atoms with E-state index in [-0.39, 0.29) is 0 Å². The number of benzene rings is 2. The van der Waals surface area contributed by atoms with Crippen molar-refractivity contribution in [1.82, 2.24) is 19.6 Å². The molecule has 150 valence electrons. The van der Waals surface area contributed by atoms with Crippen molar-refractivity contribution in [3.8, 4) is 0 Å². The van der Waals surface area contributed by atoms with Crippen molar-refractivity contribution in [2.24, 2.45) is 0 Å². The summed E-state index contributed by atoms with van der Waals surface area (Å²) in [6.07, 6.45) is 3.82. The maximum Gasteiger partial charge on any atom is 0.173 e. The molecule has 7 heteroatoms. The molecule has 0 aliphatic carbocycles. The lowest BCUT2D eigenvalue weighted by atomic mass is 10.2. The van der Waals surface area contributed by atoms with Crippen LogP contribution in [0.15, 0.2) is 67.0 Å². The molecule has 0 unspecified atom stereocenters. The smallest absolute Gasteiger partial charge is 0.173 e. The van der Waals surface area contributed by atoms with E-state index in [0.717, 1.165) is 55.1 Å². The van der Waals surface area contributed by atoms with Gasteiger partial charge in [-0.1, -0.05) is 54.1 Å². The average Bonchev–Trinajstić information content (AvgIpc) is 3.17. The Morgan fingerprint density at radius 2 is 1.62 bits per heavy atom. The van der Waals surface area contributed by atoms with Gasteiger partial charge in [0, 0.05) is 43.9 Å². The fourth-order valence-electron chi connectivity index (χ4n) is 3.44. The number of thiocarbonyl (C=S) groups is 1. The van der Waals surface area contributed by atoms with Crippen molar-refractivity contribution < 1.29 is 0 Å². The highest BCUT2D eigenvalue weighted by Gasteiger charge is 2.19. The number of anilines is 1. The monoisotopic (exact) mass is 425 g/mol. The molecular weight excluding hydrogens is 402 g/mol. The number of nitrogens with zero attached hydrogens (tertiary/aromatic N) is 4. The molecule has 0 amide bonds. The van der Waals surface area contributed by atoms with Crippen molar-refractivity contribution in [3.63, 3.8) is 0 Å². The Morgan fingerprint density at radius 1 is 0.931 bits per heavy atom. The lowest BCUT2D eigenvalue weighted by Crippen LogP contribution is -2.49. The predicted octanol–water partition coefficient (Wildman–Crippen LogP) is 4.10. The summed E-state index contributed by atoms with van der Waals surface area (Å²) in [5.41, 5.74) is 3.44. The Labute approximate surface area is 181 Å². The van der Waals surface area contributed by atoms with Crippen LogP contribution in [0.3, 0.4) is 0 Å². The second kappa shape index (κ2) is 9.39. The summed E-state index contributed by atoms with van der Waals surface area (Å²) in [4.78, 5) is 4.67. The van der Waals surface area contributed by atoms with Crippen LogP contribution in [-0.4, -0.2) is 50.9 Å². The van der Waals surface area contributed by atoms with E-state index in [1.54, 1.807) is 0 Å². The van der Waals surface area contributed by atoms with Crippen LogP contribution in [0.1, 0.15) is 11.1 Å². The molecule has 1 fully saturated rings. The summed E-state index contributed by atoms with van der Waals surface area (Å²) in [5.74, 6) is 0. The van der Waals surface area contributed by atoms with Crippen molar-refractivity contribution in [3.05, 3.63) is 83.1 Å². The van der Waals surface area contributed by atoms with Crippen LogP contribution in [0.5, 0.6) is 0 Å². The topological polar surface area (TPSA) is 36.3 Å². The Morgan fingerprint density at radius 3 is 2.34 bits per heavy atom. The van der Waals surface area contributed by atoms with Crippen LogP contribution < -0.4 is 5.32 Å². The molecule has 2 heterocycles. The number of aromatic nitrogens is 2. The molecule has 1 N–H and O–H groups in total. The van der Waals surface area contributed by atoms with Gasteiger partial charge >= 0.3 is 0 Å². The highest BCUT2D eigenvalue weighted by atomic mass is 35.5. The molecule has 0 bridgehead atoms. The minimum absolute atomic E-state index is 0.749. The van der Waals surface area contributed by atoms with E-state index in [4.69, 9.17) is 23.8 Å². The SMILES string of the molecule is S=C(Nc1cnn(Cc2ccccc2)c1)N1CCN(Cc2ccc(Cl)cc2)CC1. The largest absolute Gasteiger partial charge is 0.346 e. The van der Waals surface area contributed by atoms with Gasteiger partial charge < -0.3 is 10.2 Å². The van der Waals surface area contributed by atoms with Crippen LogP contribution in [0.25, 0.3) is 0 Å². The minimum Gasteiger partial charge on any atom is -0.346 e. The Kier molecular flexibility index (Phi) is 6.44. The number of nitrogens with one attached hydrogen (secondary N) is 1. The standard InChI is InChI=1S/C22H24ClN5S/c23-20-8-6-19(7-9-20)15-26-10-12-27(13-11-26)22(29)25-21-14-24-28(17-21)16-18-4-2-1-3-5-18/h1-9,14,17H,10-13,15-16H2,(H,25,29). The molecule has 3 aromatic rings. The zero-order chi connectivity index (χ0) is 20.1. The molecule has 2 aromatic carbocycles. The minimum atomic E-state index is 0.749. The van der Waals surface area contributed by atoms with Gasteiger partial charge in [-0.25, -0.2) is 0 Å². The van der Waals surface area contributed by atoms with Crippen LogP contribution in [0.2, 0.25) is 5.02 Å². The second-order valence-electron chi connectivity index (χ2n) is 7.23. The van der Waals surface area contributed by atoms with Crippen LogP contribution in [0, 0.1) is 0 Å². The summed E-state index contributed by atoms with van der Waals surface area (Å²) >= 11 is 11.6. The zero-order valence-electron chi connectivity index (χ0n) is 16.2. The molecule has 0 radical (unpaired) electrons. The third-order valence-corrected chi connectivity index (χ3v) is 5.66. The van der Waals surface area contributed by atoms with Gasteiger partial charge in [0.05, 0.1) is 18.4 Å². The summed E-state index contributed by atoms with van der Waals surface area (Å²) < 4.78 is 1.92. The molecular formula is C22H24ClN5S. The highest BCUT2D eigenvalue weighted by molar-refractivity contribution is 7.80. The zero-order valence-corrected chi connectivity index (χ0v) is 17.7. The molecule has 1 aliphatic heterocycles. The Bertz CT molecular complexity index is 933. The number of piperazine rings is 1. The molecule has 1 saturated heterocycles. The molecule has 1 aliphatic rings. The summed E-state index contributed by atoms with van der Waals surface area (Å²) in [6, 6.07) is 18.4. The fourth-order valence-corrected chi connectivity index (χ4v) is 3.87. The normalized spacial score (nSPS) is 14.7. The fraction of sp³-hybridized carbons (Fsp3) is 0.273. The maximum atomic E-state index is 5.97. The third kappa shape index (κ3) is 5.56. The third-order valence-electron chi connectivity index (χ3n) is 5.05. The first-order valence-corrected chi connectivity index (χ1v) is 10.5. The molecule has 4 rings (SSSR count). The van der Waals surface area contributed by atoms with Crippen molar-refractivity contribution in [2.75, 3.05) is 31.5 Å². The van der Waals surface area contributed by atoms with E-state index in [1.807, 2.05) is 47.4 Å². The van der Waals surface area contributed by atoms with Crippen molar-refractivity contribution in [1.29, 1.82) is 0 Å². The van der Waals surface area contributed by atoms with E-state index in [1.165, 1.54) is 11.1 Å². The molecule has 0 atom stereocenters. The van der Waals surface area contributed by atoms with Gasteiger partial charge in [0.1, 0.15) is 0 Å². The van der Waals surface area contributed by atoms with Crippen molar-refractivity contribution >= 4 is 34.6 Å². The summed E-state index contributed by atoms with van der Waals surface area (Å²) in [6.45, 7) is 5.49. The van der Waals surface area contributed by atoms with Crippen LogP contribution in [-0.2, 0) is 13.1 Å². The second-order valence-corrected chi connectivity index (χ2v) is 8.06. The highest BCUT2D eigenvalue weighted by Crippen LogP contribution is 2.14. The van der Waals surface area contributed by atoms with Gasteiger partial charge in [0.15, 0.2) is 5.11 Å². The van der Waals surface area contributed by atoms with Gasteiger partial charge in [-0.3, -0.25) is 9.58 Å². The lowest BCUT2D eigenvalue weighted by Gasteiger charge is -2.36. The average molecular weight is 426 g/mol. The number of halogens is 1. The van der Waals surface area contributed by atoms with Gasteiger partial charge in [-0.05, 0) is 35.5 Å². The first kappa shape index (κ1) is 19.9. The molecule has 29 heavy (non-hydrogen) atoms. The van der Waals surface area contributed by atoms with E-state index in [0.29, 0.717) is 0 Å². The number of hydrogen-bond donors (Lipinski definition) is 1. The summed E-state index contributed by atoms with van der Waals surface area (Å²) in [7, 11) is 0. The Hall–Kier alpha value is -2.41. The van der Waals surface area contributed by atoms with Crippen molar-refractivity contribution in [2.45, 2.75) is 13.1 Å². The first-order valence-electron chi connectivity index (χ1n) is 9.75. The molecule has 0 saturated carbocycles. The maximum absolute atomic E-state index is 5.97. The van der Waals surface area contributed by atoms with Gasteiger partial charge in [0.2, 0.25) is 0 Å². The number of rotatable bonds is 5. The first-order chi connectivity index (χ1) is 14.2. The van der Waals surface area contributed by atoms with Gasteiger partial charge in [-0.15, -0.1) is 0 Å². The lowest BCUT2D eigenvalue weighted by molar-refractivity contribution is 0.177. The van der Waals surface area contributed by atoms with Crippen LogP contribution >= 0.6 is 23.8 Å². The van der Waals surface area contributed by atoms with Gasteiger partial charge in [-0.2, -0.15) is 5.10 Å². The van der Waals surface area contributed by atoms with E-state index in [9.17, 15) is 0 Å². The molecule has 0 spiro atoms. The quantitative estimate of drug-likeness (QED) is 0.623. The Balaban J connectivity index is 1.25. The summed E-state index contributed by atoms with van der Waals surface area (Å²) in [5, 5.41) is 9.30. The van der Waals surface area contributed by atoms with Crippen LogP contribution in [0.4, 0.5) is 5.69 Å². The van der Waals surface area contributed by atoms with Gasteiger partial charge in [0.25, 0.3) is 0 Å². The molecule has 5 nitrogen and oxygen atoms in total. The van der Waals surface area contributed by atoms with E-state index < -0.39 is 0 Å². The molecule has 1 aromatic heterocycles. The number of hydrogen-bond acceptors (Lipinski definition) is 3. The van der Waals surface area contributed by atoms with E-state index >= 15 is 0 Å². The van der Waals surface area contributed by atoms with E-state index in [2.05, 4.69) is 44.5 Å². The predicted molar refractivity (Wildman–Crippen MR) is 122 cm³/mol.